The molecule has 0 aromatic heterocycles. The molecule has 25 heavy (non-hydrogen) atoms. The molecule has 4 aliphatic rings. The van der Waals surface area contributed by atoms with E-state index in [2.05, 4.69) is 36.4 Å². The van der Waals surface area contributed by atoms with Gasteiger partial charge in [-0.2, -0.15) is 0 Å². The number of fused-ring (bicyclic) bond motifs is 2. The molecule has 0 bridgehead atoms. The van der Waals surface area contributed by atoms with E-state index in [9.17, 15) is 0 Å². The fraction of sp³-hybridized carbons (Fsp3) is 0.636. The van der Waals surface area contributed by atoms with E-state index in [1.54, 1.807) is 0 Å². The number of hydrogen-bond acceptors (Lipinski definition) is 3. The zero-order chi connectivity index (χ0) is 16.8. The van der Waals surface area contributed by atoms with E-state index in [0.717, 1.165) is 71.2 Å². The summed E-state index contributed by atoms with van der Waals surface area (Å²) in [4.78, 5) is 0. The van der Waals surface area contributed by atoms with Crippen molar-refractivity contribution >= 4 is 6.08 Å². The predicted molar refractivity (Wildman–Crippen MR) is 97.4 cm³/mol. The number of benzene rings is 1. The zero-order valence-electron chi connectivity index (χ0n) is 15.0. The van der Waals surface area contributed by atoms with Gasteiger partial charge in [0.1, 0.15) is 16.8 Å². The van der Waals surface area contributed by atoms with Gasteiger partial charge < -0.3 is 14.2 Å². The largest absolute Gasteiger partial charge is 0.372 e. The molecular weight excluding hydrogens is 312 g/mol. The molecule has 3 spiro atoms. The van der Waals surface area contributed by atoms with Crippen LogP contribution in [0.1, 0.15) is 56.9 Å². The lowest BCUT2D eigenvalue weighted by Gasteiger charge is -2.58. The van der Waals surface area contributed by atoms with Crippen LogP contribution in [-0.4, -0.2) is 36.6 Å². The summed E-state index contributed by atoms with van der Waals surface area (Å²) in [5.41, 5.74) is 1.98. The van der Waals surface area contributed by atoms with Crippen molar-refractivity contribution in [2.75, 3.05) is 19.8 Å². The van der Waals surface area contributed by atoms with Crippen molar-refractivity contribution in [1.82, 2.24) is 0 Å². The molecule has 4 fully saturated rings. The molecule has 1 aliphatic carbocycles. The SMILES string of the molecule is C(=C1/CC[C@]2(CCCO2)[C@@]2(CCCO2)[C@]12CCCO2)/c1ccccc1. The minimum absolute atomic E-state index is 0.137. The van der Waals surface area contributed by atoms with Gasteiger partial charge >= 0.3 is 0 Å². The molecule has 0 radical (unpaired) electrons. The van der Waals surface area contributed by atoms with Gasteiger partial charge in [0.05, 0.1) is 0 Å². The Kier molecular flexibility index (Phi) is 3.81. The van der Waals surface area contributed by atoms with Crippen molar-refractivity contribution in [3.05, 3.63) is 41.5 Å². The summed E-state index contributed by atoms with van der Waals surface area (Å²) in [6, 6.07) is 10.7. The first-order valence-corrected chi connectivity index (χ1v) is 9.98. The third kappa shape index (κ3) is 2.16. The van der Waals surface area contributed by atoms with Crippen LogP contribution in [-0.2, 0) is 14.2 Å². The first-order valence-electron chi connectivity index (χ1n) is 9.98. The highest BCUT2D eigenvalue weighted by Crippen LogP contribution is 2.62. The molecule has 0 N–H and O–H groups in total. The summed E-state index contributed by atoms with van der Waals surface area (Å²) < 4.78 is 19.7. The Morgan fingerprint density at radius 3 is 2.20 bits per heavy atom. The van der Waals surface area contributed by atoms with Crippen molar-refractivity contribution in [3.8, 4) is 0 Å². The minimum Gasteiger partial charge on any atom is -0.372 e. The van der Waals surface area contributed by atoms with Crippen LogP contribution in [0.4, 0.5) is 0 Å². The third-order valence-corrected chi connectivity index (χ3v) is 6.99. The average Bonchev–Trinajstić information content (AvgIpc) is 3.39. The van der Waals surface area contributed by atoms with Gasteiger partial charge in [0.25, 0.3) is 0 Å². The van der Waals surface area contributed by atoms with Gasteiger partial charge in [0.2, 0.25) is 0 Å². The summed E-state index contributed by atoms with van der Waals surface area (Å²) in [7, 11) is 0. The highest BCUT2D eigenvalue weighted by atomic mass is 16.6. The molecule has 0 amide bonds. The second-order valence-electron chi connectivity index (χ2n) is 8.08. The van der Waals surface area contributed by atoms with Gasteiger partial charge in [-0.3, -0.25) is 0 Å². The fourth-order valence-corrected chi connectivity index (χ4v) is 6.05. The van der Waals surface area contributed by atoms with Crippen LogP contribution in [0.3, 0.4) is 0 Å². The van der Waals surface area contributed by atoms with Crippen molar-refractivity contribution in [2.24, 2.45) is 0 Å². The molecule has 134 valence electrons. The number of ether oxygens (including phenoxy) is 3. The summed E-state index contributed by atoms with van der Waals surface area (Å²) in [5, 5.41) is 0. The lowest BCUT2D eigenvalue weighted by Crippen LogP contribution is -2.70. The molecular formula is C22H28O3. The van der Waals surface area contributed by atoms with Crippen LogP contribution in [0.5, 0.6) is 0 Å². The maximum absolute atomic E-state index is 6.63. The number of hydrogen-bond donors (Lipinski definition) is 0. The highest BCUT2D eigenvalue weighted by Gasteiger charge is 2.71. The van der Waals surface area contributed by atoms with Crippen molar-refractivity contribution in [3.63, 3.8) is 0 Å². The Labute approximate surface area is 150 Å². The Morgan fingerprint density at radius 2 is 1.52 bits per heavy atom. The topological polar surface area (TPSA) is 27.7 Å². The molecule has 1 saturated carbocycles. The average molecular weight is 340 g/mol. The van der Waals surface area contributed by atoms with Gasteiger partial charge in [-0.05, 0) is 62.5 Å². The molecule has 3 heteroatoms. The van der Waals surface area contributed by atoms with Crippen LogP contribution in [0.25, 0.3) is 6.08 Å². The van der Waals surface area contributed by atoms with E-state index in [0.29, 0.717) is 0 Å². The Hall–Kier alpha value is -1.16. The fourth-order valence-electron chi connectivity index (χ4n) is 6.05. The van der Waals surface area contributed by atoms with Gasteiger partial charge in [-0.1, -0.05) is 36.4 Å². The summed E-state index contributed by atoms with van der Waals surface area (Å²) in [6.45, 7) is 2.56. The lowest BCUT2D eigenvalue weighted by molar-refractivity contribution is -0.257. The van der Waals surface area contributed by atoms with Gasteiger partial charge in [-0.25, -0.2) is 0 Å². The molecule has 3 nitrogen and oxygen atoms in total. The maximum Gasteiger partial charge on any atom is 0.130 e. The standard InChI is InChI=1S/C22H28O3/c1-2-7-18(8-3-1)17-19-9-13-20(10-4-14-23-20)22(12-6-16-25-22)21(19)11-5-15-24-21/h1-3,7-8,17H,4-6,9-16H2/b19-17+/t20-,21+,22+/m1/s1. The smallest absolute Gasteiger partial charge is 0.130 e. The predicted octanol–water partition coefficient (Wildman–Crippen LogP) is 4.51. The van der Waals surface area contributed by atoms with Crippen LogP contribution in [0.2, 0.25) is 0 Å². The second kappa shape index (κ2) is 5.94. The van der Waals surface area contributed by atoms with E-state index in [1.165, 1.54) is 11.1 Å². The zero-order valence-corrected chi connectivity index (χ0v) is 15.0. The second-order valence-corrected chi connectivity index (χ2v) is 8.08. The Bertz CT molecular complexity index is 645. The first kappa shape index (κ1) is 16.0. The van der Waals surface area contributed by atoms with Gasteiger partial charge in [0, 0.05) is 19.8 Å². The minimum atomic E-state index is -0.290. The lowest BCUT2D eigenvalue weighted by atomic mass is 9.57. The van der Waals surface area contributed by atoms with Crippen LogP contribution < -0.4 is 0 Å². The Morgan fingerprint density at radius 1 is 0.760 bits per heavy atom. The molecule has 5 rings (SSSR count). The van der Waals surface area contributed by atoms with Crippen LogP contribution in [0, 0.1) is 0 Å². The quantitative estimate of drug-likeness (QED) is 0.753. The number of rotatable bonds is 1. The van der Waals surface area contributed by atoms with Crippen molar-refractivity contribution < 1.29 is 14.2 Å². The Balaban J connectivity index is 1.64. The first-order chi connectivity index (χ1) is 12.3. The van der Waals surface area contributed by atoms with Gasteiger partial charge in [0.15, 0.2) is 0 Å². The summed E-state index contributed by atoms with van der Waals surface area (Å²) in [6.07, 6.45) is 11.1. The molecule has 1 aromatic rings. The maximum atomic E-state index is 6.63. The molecule has 3 saturated heterocycles. The molecule has 3 heterocycles. The van der Waals surface area contributed by atoms with Crippen LogP contribution >= 0.6 is 0 Å². The van der Waals surface area contributed by atoms with Crippen LogP contribution in [0.15, 0.2) is 35.9 Å². The van der Waals surface area contributed by atoms with E-state index in [4.69, 9.17) is 14.2 Å². The monoisotopic (exact) mass is 340 g/mol. The van der Waals surface area contributed by atoms with Crippen molar-refractivity contribution in [2.45, 2.75) is 68.2 Å². The van der Waals surface area contributed by atoms with E-state index in [-0.39, 0.29) is 16.8 Å². The van der Waals surface area contributed by atoms with Crippen molar-refractivity contribution in [1.29, 1.82) is 0 Å². The third-order valence-electron chi connectivity index (χ3n) is 6.99. The molecule has 3 aliphatic heterocycles. The highest BCUT2D eigenvalue weighted by molar-refractivity contribution is 5.58. The molecule has 0 unspecified atom stereocenters. The van der Waals surface area contributed by atoms with E-state index in [1.807, 2.05) is 0 Å². The van der Waals surface area contributed by atoms with E-state index >= 15 is 0 Å². The molecule has 1 aromatic carbocycles. The normalized spacial score (nSPS) is 42.3. The summed E-state index contributed by atoms with van der Waals surface area (Å²) >= 11 is 0. The van der Waals surface area contributed by atoms with Gasteiger partial charge in [-0.15, -0.1) is 0 Å². The van der Waals surface area contributed by atoms with E-state index < -0.39 is 0 Å². The molecule has 3 atom stereocenters. The summed E-state index contributed by atoms with van der Waals surface area (Å²) in [5.74, 6) is 0.